The van der Waals surface area contributed by atoms with Crippen molar-refractivity contribution in [1.29, 1.82) is 0 Å². The molecule has 9 nitrogen and oxygen atoms in total. The number of carbonyl (C=O) groups excluding carboxylic acids is 3. The molecule has 1 saturated heterocycles. The van der Waals surface area contributed by atoms with E-state index in [1.165, 1.54) is 16.0 Å². The van der Waals surface area contributed by atoms with Crippen molar-refractivity contribution in [3.63, 3.8) is 0 Å². The van der Waals surface area contributed by atoms with Crippen molar-refractivity contribution in [2.24, 2.45) is 5.73 Å². The lowest BCUT2D eigenvalue weighted by Crippen LogP contribution is -2.50. The molecule has 0 saturated carbocycles. The van der Waals surface area contributed by atoms with Crippen molar-refractivity contribution in [2.45, 2.75) is 44.7 Å². The van der Waals surface area contributed by atoms with Crippen LogP contribution in [0.3, 0.4) is 0 Å². The Morgan fingerprint density at radius 3 is 2.77 bits per heavy atom. The number of nitrogens with two attached hydrogens (primary N) is 1. The van der Waals surface area contributed by atoms with Gasteiger partial charge in [0.25, 0.3) is 0 Å². The second-order valence-corrected chi connectivity index (χ2v) is 7.69. The Morgan fingerprint density at radius 1 is 1.30 bits per heavy atom. The fourth-order valence-electron chi connectivity index (χ4n) is 3.54. The number of ether oxygens (including phenoxy) is 1. The van der Waals surface area contributed by atoms with Crippen LogP contribution in [0.5, 0.6) is 0 Å². The normalized spacial score (nSPS) is 24.3. The molecule has 3 atom stereocenters. The molecule has 1 aromatic rings. The van der Waals surface area contributed by atoms with Crippen LogP contribution in [-0.4, -0.2) is 65.8 Å². The minimum Gasteiger partial charge on any atom is -0.434 e. The highest BCUT2D eigenvalue weighted by atomic mass is 16.6. The van der Waals surface area contributed by atoms with Gasteiger partial charge in [-0.3, -0.25) is 14.4 Å². The molecule has 1 aromatic carbocycles. The first-order valence-corrected chi connectivity index (χ1v) is 9.98. The summed E-state index contributed by atoms with van der Waals surface area (Å²) in [7, 11) is 0. The monoisotopic (exact) mass is 416 g/mol. The number of rotatable bonds is 7. The van der Waals surface area contributed by atoms with Crippen LogP contribution in [0, 0.1) is 6.92 Å². The number of aryl methyl sites for hydroxylation is 1. The molecule has 2 amide bonds. The number of nitrogens with zero attached hydrogens (tertiary/aromatic N) is 1. The van der Waals surface area contributed by atoms with Crippen LogP contribution in [0.15, 0.2) is 35.9 Å². The van der Waals surface area contributed by atoms with Gasteiger partial charge < -0.3 is 31.1 Å². The number of aliphatic hydroxyl groups excluding tert-OH is 1. The zero-order valence-electron chi connectivity index (χ0n) is 17.0. The topological polar surface area (TPSA) is 134 Å². The largest absolute Gasteiger partial charge is 0.434 e. The van der Waals surface area contributed by atoms with Crippen LogP contribution < -0.4 is 16.4 Å². The number of esters is 1. The highest BCUT2D eigenvalue weighted by Gasteiger charge is 2.35. The van der Waals surface area contributed by atoms with Crippen LogP contribution >= 0.6 is 0 Å². The summed E-state index contributed by atoms with van der Waals surface area (Å²) in [6.07, 6.45) is 0.874. The van der Waals surface area contributed by atoms with Gasteiger partial charge in [-0.15, -0.1) is 0 Å². The Kier molecular flexibility index (Phi) is 7.20. The van der Waals surface area contributed by atoms with E-state index in [1.54, 1.807) is 0 Å². The Labute approximate surface area is 175 Å². The lowest BCUT2D eigenvalue weighted by atomic mass is 10.1. The number of nitrogens with one attached hydrogen (secondary N) is 2. The summed E-state index contributed by atoms with van der Waals surface area (Å²) < 4.78 is 4.61. The number of carbonyl (C=O) groups is 3. The van der Waals surface area contributed by atoms with Crippen molar-refractivity contribution in [1.82, 2.24) is 15.5 Å². The van der Waals surface area contributed by atoms with Crippen molar-refractivity contribution >= 4 is 17.8 Å². The fraction of sp³-hybridized carbons (Fsp3) is 0.476. The van der Waals surface area contributed by atoms with Gasteiger partial charge in [0.05, 0.1) is 19.0 Å². The third-order valence-corrected chi connectivity index (χ3v) is 5.28. The average molecular weight is 416 g/mol. The molecule has 2 aliphatic rings. The fourth-order valence-corrected chi connectivity index (χ4v) is 3.54. The molecule has 0 aliphatic carbocycles. The van der Waals surface area contributed by atoms with Crippen molar-refractivity contribution in [3.8, 4) is 0 Å². The van der Waals surface area contributed by atoms with Crippen molar-refractivity contribution in [2.75, 3.05) is 19.6 Å². The molecule has 0 aromatic heterocycles. The Morgan fingerprint density at radius 2 is 2.07 bits per heavy atom. The summed E-state index contributed by atoms with van der Waals surface area (Å²) in [5.41, 5.74) is 9.32. The van der Waals surface area contributed by atoms with E-state index in [2.05, 4.69) is 34.4 Å². The summed E-state index contributed by atoms with van der Waals surface area (Å²) in [5.74, 6) is -1.37. The maximum Gasteiger partial charge on any atom is 0.310 e. The molecule has 0 radical (unpaired) electrons. The van der Waals surface area contributed by atoms with E-state index in [0.717, 1.165) is 5.57 Å². The van der Waals surface area contributed by atoms with Crippen LogP contribution in [0.25, 0.3) is 0 Å². The van der Waals surface area contributed by atoms with Gasteiger partial charge >= 0.3 is 5.97 Å². The van der Waals surface area contributed by atoms with Gasteiger partial charge in [-0.25, -0.2) is 0 Å². The summed E-state index contributed by atoms with van der Waals surface area (Å²) in [5, 5.41) is 15.6. The van der Waals surface area contributed by atoms with Gasteiger partial charge in [-0.05, 0) is 30.0 Å². The van der Waals surface area contributed by atoms with Crippen molar-refractivity contribution in [3.05, 3.63) is 47.0 Å². The zero-order valence-corrected chi connectivity index (χ0v) is 17.0. The molecule has 0 spiro atoms. The van der Waals surface area contributed by atoms with Crippen LogP contribution in [-0.2, 0) is 25.7 Å². The quantitative estimate of drug-likeness (QED) is 0.342. The SMILES string of the molecule is Cc1ccccc1CNCC1=CCC(N)C(=O)N(CC(=O)NC2CC(=O)OC2O)C1. The first-order valence-electron chi connectivity index (χ1n) is 9.98. The van der Waals surface area contributed by atoms with E-state index < -0.39 is 30.3 Å². The molecule has 0 bridgehead atoms. The first-order chi connectivity index (χ1) is 14.3. The van der Waals surface area contributed by atoms with Gasteiger partial charge in [-0.2, -0.15) is 0 Å². The third-order valence-electron chi connectivity index (χ3n) is 5.28. The highest BCUT2D eigenvalue weighted by molar-refractivity contribution is 5.88. The number of hydrogen-bond acceptors (Lipinski definition) is 7. The van der Waals surface area contributed by atoms with Gasteiger partial charge in [0.15, 0.2) is 0 Å². The predicted octanol–water partition coefficient (Wildman–Crippen LogP) is -0.679. The van der Waals surface area contributed by atoms with Gasteiger partial charge in [0.2, 0.25) is 18.1 Å². The van der Waals surface area contributed by atoms with E-state index in [-0.39, 0.29) is 25.4 Å². The minimum absolute atomic E-state index is 0.103. The lowest BCUT2D eigenvalue weighted by molar-refractivity contribution is -0.155. The molecule has 5 N–H and O–H groups in total. The van der Waals surface area contributed by atoms with Crippen LogP contribution in [0.4, 0.5) is 0 Å². The molecule has 1 fully saturated rings. The number of cyclic esters (lactones) is 1. The Balaban J connectivity index is 1.55. The summed E-state index contributed by atoms with van der Waals surface area (Å²) in [6, 6.07) is 6.58. The Hall–Kier alpha value is -2.75. The number of benzene rings is 1. The second kappa shape index (κ2) is 9.84. The van der Waals surface area contributed by atoms with Gasteiger partial charge in [0, 0.05) is 19.6 Å². The molecule has 9 heteroatoms. The zero-order chi connectivity index (χ0) is 21.7. The number of aliphatic hydroxyl groups is 1. The third kappa shape index (κ3) is 5.65. The predicted molar refractivity (Wildman–Crippen MR) is 109 cm³/mol. The molecule has 162 valence electrons. The molecular weight excluding hydrogens is 388 g/mol. The van der Waals surface area contributed by atoms with Crippen LogP contribution in [0.1, 0.15) is 24.0 Å². The lowest BCUT2D eigenvalue weighted by Gasteiger charge is -2.24. The van der Waals surface area contributed by atoms with E-state index in [4.69, 9.17) is 5.73 Å². The molecular formula is C21H28N4O5. The van der Waals surface area contributed by atoms with Crippen LogP contribution in [0.2, 0.25) is 0 Å². The number of amides is 2. The molecule has 3 unspecified atom stereocenters. The second-order valence-electron chi connectivity index (χ2n) is 7.69. The van der Waals surface area contributed by atoms with Crippen molar-refractivity contribution < 1.29 is 24.2 Å². The van der Waals surface area contributed by atoms with E-state index >= 15 is 0 Å². The van der Waals surface area contributed by atoms with E-state index in [0.29, 0.717) is 19.5 Å². The standard InChI is InChI=1S/C21H28N4O5/c1-13-4-2-3-5-15(13)10-23-9-14-6-7-16(22)20(28)25(11-14)12-18(26)24-17-8-19(27)30-21(17)29/h2-6,16-17,21,23,29H,7-12,22H2,1H3,(H,24,26). The molecule has 2 aliphatic heterocycles. The molecule has 3 rings (SSSR count). The van der Waals surface area contributed by atoms with E-state index in [9.17, 15) is 19.5 Å². The van der Waals surface area contributed by atoms with E-state index in [1.807, 2.05) is 18.2 Å². The maximum atomic E-state index is 12.6. The summed E-state index contributed by atoms with van der Waals surface area (Å²) in [6.45, 7) is 3.39. The average Bonchev–Trinajstić information content (AvgIpc) is 2.95. The highest BCUT2D eigenvalue weighted by Crippen LogP contribution is 2.14. The maximum absolute atomic E-state index is 12.6. The summed E-state index contributed by atoms with van der Waals surface area (Å²) in [4.78, 5) is 37.5. The number of hydrogen-bond donors (Lipinski definition) is 4. The van der Waals surface area contributed by atoms with Gasteiger partial charge in [-0.1, -0.05) is 30.3 Å². The van der Waals surface area contributed by atoms with Gasteiger partial charge in [0.1, 0.15) is 6.04 Å². The molecule has 30 heavy (non-hydrogen) atoms. The summed E-state index contributed by atoms with van der Waals surface area (Å²) >= 11 is 0. The smallest absolute Gasteiger partial charge is 0.310 e. The molecule has 2 heterocycles. The minimum atomic E-state index is -1.37. The first kappa shape index (κ1) is 21.9. The Bertz CT molecular complexity index is 840.